The number of aryl methyl sites for hydroxylation is 1. The summed E-state index contributed by atoms with van der Waals surface area (Å²) in [7, 11) is 1.55. The van der Waals surface area contributed by atoms with Crippen LogP contribution in [0.4, 0.5) is 5.13 Å². The molecule has 0 spiro atoms. The molecule has 9 heteroatoms. The maximum absolute atomic E-state index is 12.1. The molecule has 1 amide bonds. The lowest BCUT2D eigenvalue weighted by atomic mass is 9.99. The number of carbonyl (C=O) groups is 1. The van der Waals surface area contributed by atoms with E-state index in [1.807, 2.05) is 0 Å². The van der Waals surface area contributed by atoms with Gasteiger partial charge in [-0.15, -0.1) is 23.7 Å². The van der Waals surface area contributed by atoms with Crippen molar-refractivity contribution in [3.05, 3.63) is 28.1 Å². The first-order chi connectivity index (χ1) is 10.2. The second-order valence-electron chi connectivity index (χ2n) is 4.96. The summed E-state index contributed by atoms with van der Waals surface area (Å²) in [5.74, 6) is 0.170. The molecule has 0 saturated carbocycles. The van der Waals surface area contributed by atoms with Gasteiger partial charge in [0.05, 0.1) is 5.69 Å². The number of anilines is 1. The number of rotatable bonds is 4. The topological polar surface area (TPSA) is 103 Å². The fraction of sp³-hybridized carbons (Fsp3) is 0.462. The average molecular weight is 345 g/mol. The molecule has 7 nitrogen and oxygen atoms in total. The number of fused-ring (bicyclic) bond motifs is 1. The third-order valence-corrected chi connectivity index (χ3v) is 4.31. The van der Waals surface area contributed by atoms with Crippen molar-refractivity contribution in [2.45, 2.75) is 31.9 Å². The lowest BCUT2D eigenvalue weighted by Crippen LogP contribution is -2.27. The van der Waals surface area contributed by atoms with Crippen LogP contribution in [0.5, 0.6) is 0 Å². The first-order valence-corrected chi connectivity index (χ1v) is 7.47. The maximum atomic E-state index is 12.1. The van der Waals surface area contributed by atoms with E-state index in [1.165, 1.54) is 11.3 Å². The molecule has 0 saturated heterocycles. The van der Waals surface area contributed by atoms with Gasteiger partial charge in [-0.3, -0.25) is 10.1 Å². The number of nitrogens with two attached hydrogens (primary N) is 1. The number of carbonyl (C=O) groups excluding carboxylic acids is 1. The summed E-state index contributed by atoms with van der Waals surface area (Å²) in [5, 5.41) is 7.04. The number of thiazole rings is 1. The highest BCUT2D eigenvalue weighted by Crippen LogP contribution is 2.29. The summed E-state index contributed by atoms with van der Waals surface area (Å²) in [6, 6.07) is 1.75. The molecule has 2 aromatic rings. The van der Waals surface area contributed by atoms with Crippen molar-refractivity contribution in [1.82, 2.24) is 10.1 Å². The largest absolute Gasteiger partial charge is 0.377 e. The summed E-state index contributed by atoms with van der Waals surface area (Å²) in [6.07, 6.45) is 2.63. The van der Waals surface area contributed by atoms with Crippen LogP contribution >= 0.6 is 23.7 Å². The van der Waals surface area contributed by atoms with Gasteiger partial charge < -0.3 is 15.0 Å². The molecule has 22 heavy (non-hydrogen) atoms. The van der Waals surface area contributed by atoms with E-state index in [-0.39, 0.29) is 36.7 Å². The zero-order valence-corrected chi connectivity index (χ0v) is 13.6. The third-order valence-electron chi connectivity index (χ3n) is 3.28. The number of amides is 1. The second-order valence-corrected chi connectivity index (χ2v) is 6.04. The molecule has 3 rings (SSSR count). The van der Waals surface area contributed by atoms with E-state index in [9.17, 15) is 4.79 Å². The number of hydrogen-bond acceptors (Lipinski definition) is 7. The Hall–Kier alpha value is -1.48. The van der Waals surface area contributed by atoms with Crippen molar-refractivity contribution in [3.8, 4) is 0 Å². The molecule has 2 aromatic heterocycles. The number of ether oxygens (including phenoxy) is 1. The Kier molecular flexibility index (Phi) is 5.52. The number of nitrogens with one attached hydrogen (secondary N) is 1. The molecule has 2 heterocycles. The van der Waals surface area contributed by atoms with E-state index < -0.39 is 0 Å². The van der Waals surface area contributed by atoms with Gasteiger partial charge in [0.15, 0.2) is 16.6 Å². The summed E-state index contributed by atoms with van der Waals surface area (Å²) in [4.78, 5) is 17.7. The Bertz CT molecular complexity index is 658. The van der Waals surface area contributed by atoms with Crippen molar-refractivity contribution in [1.29, 1.82) is 0 Å². The number of methoxy groups -OCH3 is 1. The minimum absolute atomic E-state index is 0. The number of aromatic nitrogens is 2. The van der Waals surface area contributed by atoms with Crippen LogP contribution in [0.3, 0.4) is 0 Å². The Morgan fingerprint density at radius 3 is 3.23 bits per heavy atom. The van der Waals surface area contributed by atoms with E-state index in [4.69, 9.17) is 15.0 Å². The predicted molar refractivity (Wildman–Crippen MR) is 84.5 cm³/mol. The van der Waals surface area contributed by atoms with E-state index in [2.05, 4.69) is 15.5 Å². The summed E-state index contributed by atoms with van der Waals surface area (Å²) in [5.41, 5.74) is 7.19. The van der Waals surface area contributed by atoms with Gasteiger partial charge >= 0.3 is 0 Å². The van der Waals surface area contributed by atoms with Crippen molar-refractivity contribution < 1.29 is 14.1 Å². The summed E-state index contributed by atoms with van der Waals surface area (Å²) >= 11 is 1.47. The van der Waals surface area contributed by atoms with Gasteiger partial charge in [-0.05, 0) is 19.3 Å². The van der Waals surface area contributed by atoms with Crippen LogP contribution in [-0.4, -0.2) is 29.2 Å². The second kappa shape index (κ2) is 7.19. The molecule has 120 valence electrons. The lowest BCUT2D eigenvalue weighted by molar-refractivity contribution is 0.101. The van der Waals surface area contributed by atoms with Crippen LogP contribution in [0.2, 0.25) is 0 Å². The molecule has 0 bridgehead atoms. The monoisotopic (exact) mass is 344 g/mol. The number of nitrogens with zero attached hydrogens (tertiary/aromatic N) is 2. The van der Waals surface area contributed by atoms with Crippen LogP contribution in [0, 0.1) is 0 Å². The molecule has 1 aliphatic rings. The van der Waals surface area contributed by atoms with Gasteiger partial charge in [0.2, 0.25) is 0 Å². The van der Waals surface area contributed by atoms with Crippen LogP contribution in [0.1, 0.15) is 33.2 Å². The van der Waals surface area contributed by atoms with Gasteiger partial charge in [0.1, 0.15) is 6.61 Å². The van der Waals surface area contributed by atoms with Gasteiger partial charge in [-0.2, -0.15) is 0 Å². The quantitative estimate of drug-likeness (QED) is 0.876. The Balaban J connectivity index is 0.00000176. The highest BCUT2D eigenvalue weighted by Gasteiger charge is 2.21. The van der Waals surface area contributed by atoms with Crippen LogP contribution in [0.25, 0.3) is 0 Å². The van der Waals surface area contributed by atoms with Crippen LogP contribution < -0.4 is 11.1 Å². The fourth-order valence-corrected chi connectivity index (χ4v) is 3.34. The molecule has 0 radical (unpaired) electrons. The van der Waals surface area contributed by atoms with Crippen molar-refractivity contribution in [3.63, 3.8) is 0 Å². The molecule has 0 unspecified atom stereocenters. The normalized spacial score (nSPS) is 16.7. The van der Waals surface area contributed by atoms with E-state index in [0.29, 0.717) is 10.9 Å². The average Bonchev–Trinajstić information content (AvgIpc) is 3.05. The van der Waals surface area contributed by atoms with E-state index in [1.54, 1.807) is 13.2 Å². The molecular weight excluding hydrogens is 328 g/mol. The van der Waals surface area contributed by atoms with Gasteiger partial charge in [-0.1, -0.05) is 5.16 Å². The number of halogens is 1. The van der Waals surface area contributed by atoms with E-state index in [0.717, 1.165) is 29.8 Å². The molecule has 0 aromatic carbocycles. The molecule has 0 fully saturated rings. The molecule has 1 aliphatic carbocycles. The summed E-state index contributed by atoms with van der Waals surface area (Å²) in [6.45, 7) is 0.281. The summed E-state index contributed by atoms with van der Waals surface area (Å²) < 4.78 is 9.91. The smallest absolute Gasteiger partial charge is 0.279 e. The highest BCUT2D eigenvalue weighted by molar-refractivity contribution is 7.15. The minimum atomic E-state index is -0.337. The lowest BCUT2D eigenvalue weighted by Gasteiger charge is -2.15. The van der Waals surface area contributed by atoms with Crippen LogP contribution in [-0.2, 0) is 24.2 Å². The van der Waals surface area contributed by atoms with Crippen molar-refractivity contribution in [2.75, 3.05) is 12.4 Å². The highest BCUT2D eigenvalue weighted by atomic mass is 35.5. The molecule has 3 N–H and O–H groups in total. The zero-order valence-electron chi connectivity index (χ0n) is 12.0. The van der Waals surface area contributed by atoms with Crippen LogP contribution in [0.15, 0.2) is 10.6 Å². The predicted octanol–water partition coefficient (Wildman–Crippen LogP) is 1.77. The minimum Gasteiger partial charge on any atom is -0.377 e. The standard InChI is InChI=1S/C13H16N4O3S.ClH/c1-19-6-8-5-10(17-20-8)12(18)16-13-15-9-3-2-7(14)4-11(9)21-13;/h5,7H,2-4,6,14H2,1H3,(H,15,16,18);1H/t7-;/m0./s1. The van der Waals surface area contributed by atoms with E-state index >= 15 is 0 Å². The molecule has 1 atom stereocenters. The Morgan fingerprint density at radius 2 is 2.45 bits per heavy atom. The van der Waals surface area contributed by atoms with Gasteiger partial charge in [0, 0.05) is 24.1 Å². The Morgan fingerprint density at radius 1 is 1.64 bits per heavy atom. The SMILES string of the molecule is COCc1cc(C(=O)Nc2nc3c(s2)C[C@@H](N)CC3)no1.Cl. The van der Waals surface area contributed by atoms with Crippen molar-refractivity contribution in [2.24, 2.45) is 5.73 Å². The zero-order chi connectivity index (χ0) is 14.8. The first kappa shape index (κ1) is 16.9. The third kappa shape index (κ3) is 3.64. The Labute approximate surface area is 137 Å². The molecular formula is C13H17ClN4O3S. The van der Waals surface area contributed by atoms with Crippen molar-refractivity contribution >= 4 is 34.8 Å². The van der Waals surface area contributed by atoms with Gasteiger partial charge in [-0.25, -0.2) is 4.98 Å². The van der Waals surface area contributed by atoms with Gasteiger partial charge in [0.25, 0.3) is 5.91 Å². The maximum Gasteiger partial charge on any atom is 0.279 e. The fourth-order valence-electron chi connectivity index (χ4n) is 2.25. The molecule has 0 aliphatic heterocycles. The first-order valence-electron chi connectivity index (χ1n) is 6.65. The number of hydrogen-bond donors (Lipinski definition) is 2.